The van der Waals surface area contributed by atoms with Gasteiger partial charge in [0, 0.05) is 29.3 Å². The fourth-order valence-corrected chi connectivity index (χ4v) is 2.78. The Hall–Kier alpha value is -0.840. The number of fused-ring (bicyclic) bond motifs is 1. The zero-order valence-corrected chi connectivity index (χ0v) is 11.2. The summed E-state index contributed by atoms with van der Waals surface area (Å²) >= 11 is 7.50. The largest absolute Gasteiger partial charge is 0.383 e. The zero-order valence-electron chi connectivity index (χ0n) is 9.65. The molecule has 0 aliphatic carbocycles. The molecule has 0 amide bonds. The Kier molecular flexibility index (Phi) is 4.59. The summed E-state index contributed by atoms with van der Waals surface area (Å²) in [6.45, 7) is 0.634. The van der Waals surface area contributed by atoms with Gasteiger partial charge in [-0.25, -0.2) is 4.98 Å². The minimum atomic E-state index is 0.204. The van der Waals surface area contributed by atoms with Gasteiger partial charge in [0.25, 0.3) is 0 Å². The Balaban J connectivity index is 2.18. The first-order valence-electron chi connectivity index (χ1n) is 5.49. The number of nitrogens with one attached hydrogen (secondary N) is 1. The van der Waals surface area contributed by atoms with Crippen molar-refractivity contribution < 1.29 is 4.74 Å². The van der Waals surface area contributed by atoms with Crippen LogP contribution in [-0.4, -0.2) is 30.6 Å². The quantitative estimate of drug-likeness (QED) is 0.818. The summed E-state index contributed by atoms with van der Waals surface area (Å²) in [5.74, 6) is 1.52. The molecule has 0 saturated heterocycles. The van der Waals surface area contributed by atoms with Crippen LogP contribution in [0.4, 0.5) is 5.82 Å². The van der Waals surface area contributed by atoms with Gasteiger partial charge >= 0.3 is 0 Å². The van der Waals surface area contributed by atoms with Crippen molar-refractivity contribution in [3.05, 3.63) is 23.7 Å². The van der Waals surface area contributed by atoms with E-state index >= 15 is 0 Å². The van der Waals surface area contributed by atoms with Gasteiger partial charge in [-0.15, -0.1) is 22.9 Å². The minimum absolute atomic E-state index is 0.204. The zero-order chi connectivity index (χ0) is 12.1. The SMILES string of the molecule is COCC(CCCl)Nc1nccc2sccc12. The predicted molar refractivity (Wildman–Crippen MR) is 74.2 cm³/mol. The maximum atomic E-state index is 5.78. The predicted octanol–water partition coefficient (Wildman–Crippen LogP) is 3.35. The van der Waals surface area contributed by atoms with E-state index in [1.165, 1.54) is 4.70 Å². The van der Waals surface area contributed by atoms with Crippen LogP contribution in [0.25, 0.3) is 10.1 Å². The molecule has 0 radical (unpaired) electrons. The van der Waals surface area contributed by atoms with Gasteiger partial charge in [-0.2, -0.15) is 0 Å². The molecule has 0 fully saturated rings. The summed E-state index contributed by atoms with van der Waals surface area (Å²) < 4.78 is 6.42. The van der Waals surface area contributed by atoms with Crippen LogP contribution in [0.1, 0.15) is 6.42 Å². The third-order valence-corrected chi connectivity index (χ3v) is 3.65. The molecule has 2 rings (SSSR count). The highest BCUT2D eigenvalue weighted by molar-refractivity contribution is 7.17. The molecule has 0 aliphatic rings. The number of alkyl halides is 1. The molecule has 2 heterocycles. The van der Waals surface area contributed by atoms with Gasteiger partial charge in [0.2, 0.25) is 0 Å². The van der Waals surface area contributed by atoms with Gasteiger partial charge in [-0.05, 0) is 23.9 Å². The lowest BCUT2D eigenvalue weighted by molar-refractivity contribution is 0.184. The van der Waals surface area contributed by atoms with Gasteiger partial charge in [-0.3, -0.25) is 0 Å². The number of ether oxygens (including phenoxy) is 1. The smallest absolute Gasteiger partial charge is 0.134 e. The number of rotatable bonds is 6. The average molecular weight is 271 g/mol. The molecule has 2 aromatic rings. The Labute approximate surface area is 110 Å². The molecular weight excluding hydrogens is 256 g/mol. The van der Waals surface area contributed by atoms with Crippen LogP contribution in [0.15, 0.2) is 23.7 Å². The minimum Gasteiger partial charge on any atom is -0.383 e. The topological polar surface area (TPSA) is 34.1 Å². The molecule has 1 N–H and O–H groups in total. The number of aromatic nitrogens is 1. The van der Waals surface area contributed by atoms with Crippen LogP contribution < -0.4 is 5.32 Å². The number of halogens is 1. The first-order valence-corrected chi connectivity index (χ1v) is 6.90. The summed E-state index contributed by atoms with van der Waals surface area (Å²) in [4.78, 5) is 4.38. The molecule has 5 heteroatoms. The molecule has 0 aliphatic heterocycles. The molecule has 1 atom stereocenters. The summed E-state index contributed by atoms with van der Waals surface area (Å²) in [5, 5.41) is 6.63. The van der Waals surface area contributed by atoms with E-state index < -0.39 is 0 Å². The highest BCUT2D eigenvalue weighted by Gasteiger charge is 2.10. The lowest BCUT2D eigenvalue weighted by atomic mass is 10.2. The molecule has 0 aromatic carbocycles. The number of hydrogen-bond acceptors (Lipinski definition) is 4. The third-order valence-electron chi connectivity index (χ3n) is 2.55. The van der Waals surface area contributed by atoms with Crippen LogP contribution in [0.2, 0.25) is 0 Å². The second-order valence-corrected chi connectivity index (χ2v) is 5.09. The van der Waals surface area contributed by atoms with Gasteiger partial charge < -0.3 is 10.1 Å². The van der Waals surface area contributed by atoms with Gasteiger partial charge in [0.05, 0.1) is 12.6 Å². The molecular formula is C12H15ClN2OS. The summed E-state index contributed by atoms with van der Waals surface area (Å²) in [7, 11) is 1.70. The highest BCUT2D eigenvalue weighted by atomic mass is 35.5. The Morgan fingerprint density at radius 2 is 2.41 bits per heavy atom. The van der Waals surface area contributed by atoms with Crippen molar-refractivity contribution in [1.82, 2.24) is 4.98 Å². The first-order chi connectivity index (χ1) is 8.35. The average Bonchev–Trinajstić information content (AvgIpc) is 2.79. The fourth-order valence-electron chi connectivity index (χ4n) is 1.73. The lowest BCUT2D eigenvalue weighted by Gasteiger charge is -2.17. The van der Waals surface area contributed by atoms with Crippen LogP contribution in [0, 0.1) is 0 Å². The van der Waals surface area contributed by atoms with Crippen molar-refractivity contribution in [3.63, 3.8) is 0 Å². The van der Waals surface area contributed by atoms with E-state index in [2.05, 4.69) is 21.7 Å². The maximum Gasteiger partial charge on any atom is 0.134 e. The van der Waals surface area contributed by atoms with E-state index in [-0.39, 0.29) is 6.04 Å². The Morgan fingerprint density at radius 3 is 3.18 bits per heavy atom. The normalized spacial score (nSPS) is 12.8. The number of anilines is 1. The van der Waals surface area contributed by atoms with Crippen molar-refractivity contribution in [2.24, 2.45) is 0 Å². The maximum absolute atomic E-state index is 5.78. The first kappa shape index (κ1) is 12.6. The van der Waals surface area contributed by atoms with Crippen LogP contribution in [0.3, 0.4) is 0 Å². The molecule has 0 spiro atoms. The third kappa shape index (κ3) is 3.09. The fraction of sp³-hybridized carbons (Fsp3) is 0.417. The monoisotopic (exact) mass is 270 g/mol. The Bertz CT molecular complexity index is 468. The van der Waals surface area contributed by atoms with Crippen molar-refractivity contribution >= 4 is 38.8 Å². The van der Waals surface area contributed by atoms with Gasteiger partial charge in [0.1, 0.15) is 5.82 Å². The molecule has 17 heavy (non-hydrogen) atoms. The van der Waals surface area contributed by atoms with E-state index in [1.54, 1.807) is 18.4 Å². The number of pyridine rings is 1. The van der Waals surface area contributed by atoms with Gasteiger partial charge in [-0.1, -0.05) is 0 Å². The molecule has 1 unspecified atom stereocenters. The Morgan fingerprint density at radius 1 is 1.53 bits per heavy atom. The summed E-state index contributed by atoms with van der Waals surface area (Å²) in [6, 6.07) is 4.31. The van der Waals surface area contributed by atoms with Crippen molar-refractivity contribution in [2.45, 2.75) is 12.5 Å². The molecule has 0 saturated carbocycles. The molecule has 0 bridgehead atoms. The lowest BCUT2D eigenvalue weighted by Crippen LogP contribution is -2.26. The van der Waals surface area contributed by atoms with Crippen LogP contribution in [-0.2, 0) is 4.74 Å². The van der Waals surface area contributed by atoms with Crippen LogP contribution >= 0.6 is 22.9 Å². The summed E-state index contributed by atoms with van der Waals surface area (Å²) in [6.07, 6.45) is 2.68. The van der Waals surface area contributed by atoms with Crippen molar-refractivity contribution in [2.75, 3.05) is 24.9 Å². The van der Waals surface area contributed by atoms with E-state index in [9.17, 15) is 0 Å². The number of hydrogen-bond donors (Lipinski definition) is 1. The standard InChI is InChI=1S/C12H15ClN2OS/c1-16-8-9(2-5-13)15-12-10-4-7-17-11(10)3-6-14-12/h3-4,6-7,9H,2,5,8H2,1H3,(H,14,15). The summed E-state index contributed by atoms with van der Waals surface area (Å²) in [5.41, 5.74) is 0. The second-order valence-electron chi connectivity index (χ2n) is 3.77. The number of nitrogens with zero attached hydrogens (tertiary/aromatic N) is 1. The van der Waals surface area contributed by atoms with E-state index in [0.717, 1.165) is 17.6 Å². The van der Waals surface area contributed by atoms with Crippen LogP contribution in [0.5, 0.6) is 0 Å². The highest BCUT2D eigenvalue weighted by Crippen LogP contribution is 2.26. The van der Waals surface area contributed by atoms with Crippen molar-refractivity contribution in [3.8, 4) is 0 Å². The second kappa shape index (κ2) is 6.19. The molecule has 2 aromatic heterocycles. The van der Waals surface area contributed by atoms with Crippen molar-refractivity contribution in [1.29, 1.82) is 0 Å². The van der Waals surface area contributed by atoms with E-state index in [1.807, 2.05) is 12.3 Å². The molecule has 92 valence electrons. The van der Waals surface area contributed by atoms with Gasteiger partial charge in [0.15, 0.2) is 0 Å². The van der Waals surface area contributed by atoms with E-state index in [0.29, 0.717) is 12.5 Å². The molecule has 3 nitrogen and oxygen atoms in total. The number of thiophene rings is 1. The van der Waals surface area contributed by atoms with E-state index in [4.69, 9.17) is 16.3 Å². The number of methoxy groups -OCH3 is 1.